The van der Waals surface area contributed by atoms with Crippen LogP contribution < -0.4 is 15.2 Å². The summed E-state index contributed by atoms with van der Waals surface area (Å²) in [5, 5.41) is 12.7. The Morgan fingerprint density at radius 1 is 1.39 bits per heavy atom. The van der Waals surface area contributed by atoms with Crippen molar-refractivity contribution in [2.45, 2.75) is 26.8 Å². The van der Waals surface area contributed by atoms with Crippen molar-refractivity contribution in [3.05, 3.63) is 29.3 Å². The third-order valence-corrected chi connectivity index (χ3v) is 2.64. The van der Waals surface area contributed by atoms with Crippen LogP contribution >= 0.6 is 0 Å². The van der Waals surface area contributed by atoms with Gasteiger partial charge in [-0.05, 0) is 38.0 Å². The van der Waals surface area contributed by atoms with Gasteiger partial charge in [-0.2, -0.15) is 0 Å². The molecule has 0 unspecified atom stereocenters. The normalized spacial score (nSPS) is 11.7. The maximum atomic E-state index is 11.4. The quantitative estimate of drug-likeness (QED) is 0.794. The molecule has 0 aliphatic rings. The van der Waals surface area contributed by atoms with Crippen molar-refractivity contribution in [3.63, 3.8) is 0 Å². The number of carbonyl (C=O) groups is 2. The molecule has 1 atom stereocenters. The lowest BCUT2D eigenvalue weighted by Gasteiger charge is -2.15. The van der Waals surface area contributed by atoms with Gasteiger partial charge in [0.1, 0.15) is 5.75 Å². The topological polar surface area (TPSA) is 78.5 Å². The number of nitrogens with one attached hydrogen (secondary N) is 1. The lowest BCUT2D eigenvalue weighted by Crippen LogP contribution is -2.47. The summed E-state index contributed by atoms with van der Waals surface area (Å²) in [5.74, 6) is -1.20. The molecule has 0 saturated heterocycles. The molecule has 0 aliphatic carbocycles. The van der Waals surface area contributed by atoms with E-state index in [1.165, 1.54) is 6.92 Å². The number of aliphatic carboxylic acids is 1. The summed E-state index contributed by atoms with van der Waals surface area (Å²) in [4.78, 5) is 21.8. The van der Waals surface area contributed by atoms with E-state index in [4.69, 9.17) is 4.74 Å². The van der Waals surface area contributed by atoms with E-state index in [1.807, 2.05) is 26.0 Å². The molecular weight excluding hydrogens is 234 g/mol. The highest BCUT2D eigenvalue weighted by atomic mass is 16.5. The standard InChI is InChI=1S/C13H17NO4/c1-8-5-4-6-11(9(8)2)18-7-12(15)14-10(3)13(16)17/h4-6,10H,7H2,1-3H3,(H,14,15)(H,16,17)/p-1/t10-/m0/s1. The van der Waals surface area contributed by atoms with Crippen LogP contribution in [0, 0.1) is 13.8 Å². The summed E-state index contributed by atoms with van der Waals surface area (Å²) < 4.78 is 5.33. The van der Waals surface area contributed by atoms with E-state index in [9.17, 15) is 14.7 Å². The minimum Gasteiger partial charge on any atom is -0.548 e. The van der Waals surface area contributed by atoms with Crippen LogP contribution in [0.25, 0.3) is 0 Å². The molecule has 0 aliphatic heterocycles. The van der Waals surface area contributed by atoms with Gasteiger partial charge >= 0.3 is 0 Å². The van der Waals surface area contributed by atoms with Gasteiger partial charge in [0.2, 0.25) is 0 Å². The number of hydrogen-bond acceptors (Lipinski definition) is 4. The molecule has 5 heteroatoms. The molecule has 18 heavy (non-hydrogen) atoms. The molecule has 5 nitrogen and oxygen atoms in total. The molecule has 1 aromatic rings. The fourth-order valence-corrected chi connectivity index (χ4v) is 1.37. The molecule has 1 N–H and O–H groups in total. The van der Waals surface area contributed by atoms with E-state index in [1.54, 1.807) is 6.07 Å². The number of rotatable bonds is 5. The number of amides is 1. The average molecular weight is 250 g/mol. The van der Waals surface area contributed by atoms with E-state index in [0.29, 0.717) is 5.75 Å². The van der Waals surface area contributed by atoms with Crippen molar-refractivity contribution >= 4 is 11.9 Å². The van der Waals surface area contributed by atoms with Crippen LogP contribution in [0.3, 0.4) is 0 Å². The average Bonchev–Trinajstić information content (AvgIpc) is 2.31. The first-order valence-corrected chi connectivity index (χ1v) is 5.61. The van der Waals surface area contributed by atoms with Gasteiger partial charge in [0.15, 0.2) is 6.61 Å². The molecular formula is C13H16NO4-. The number of aryl methyl sites for hydroxylation is 1. The third-order valence-electron chi connectivity index (χ3n) is 2.64. The van der Waals surface area contributed by atoms with E-state index < -0.39 is 17.9 Å². The van der Waals surface area contributed by atoms with Crippen LogP contribution in [-0.4, -0.2) is 24.5 Å². The second-order valence-electron chi connectivity index (χ2n) is 4.09. The molecule has 1 rings (SSSR count). The van der Waals surface area contributed by atoms with Gasteiger partial charge in [0.05, 0.1) is 12.0 Å². The van der Waals surface area contributed by atoms with E-state index >= 15 is 0 Å². The summed E-state index contributed by atoms with van der Waals surface area (Å²) in [6.45, 7) is 4.96. The summed E-state index contributed by atoms with van der Waals surface area (Å²) in [6.07, 6.45) is 0. The molecule has 0 bridgehead atoms. The van der Waals surface area contributed by atoms with Crippen molar-refractivity contribution in [3.8, 4) is 5.75 Å². The summed E-state index contributed by atoms with van der Waals surface area (Å²) in [5.41, 5.74) is 2.02. The first-order valence-electron chi connectivity index (χ1n) is 5.61. The number of benzene rings is 1. The number of hydrogen-bond donors (Lipinski definition) is 1. The van der Waals surface area contributed by atoms with Crippen molar-refractivity contribution in [2.24, 2.45) is 0 Å². The third kappa shape index (κ3) is 3.76. The SMILES string of the molecule is Cc1cccc(OCC(=O)N[C@@H](C)C(=O)[O-])c1C. The van der Waals surface area contributed by atoms with Crippen LogP contribution in [0.5, 0.6) is 5.75 Å². The van der Waals surface area contributed by atoms with Crippen molar-refractivity contribution in [2.75, 3.05) is 6.61 Å². The van der Waals surface area contributed by atoms with Crippen LogP contribution in [0.4, 0.5) is 0 Å². The molecule has 0 saturated carbocycles. The smallest absolute Gasteiger partial charge is 0.258 e. The molecule has 98 valence electrons. The Kier molecular flexibility index (Phi) is 4.71. The molecule has 0 heterocycles. The van der Waals surface area contributed by atoms with E-state index in [0.717, 1.165) is 11.1 Å². The summed E-state index contributed by atoms with van der Waals surface area (Å²) >= 11 is 0. The lowest BCUT2D eigenvalue weighted by molar-refractivity contribution is -0.307. The number of carboxylic acid groups (broad SMARTS) is 1. The van der Waals surface area contributed by atoms with Crippen molar-refractivity contribution in [1.82, 2.24) is 5.32 Å². The monoisotopic (exact) mass is 250 g/mol. The van der Waals surface area contributed by atoms with Gasteiger partial charge in [-0.15, -0.1) is 0 Å². The first-order chi connectivity index (χ1) is 8.41. The summed E-state index contributed by atoms with van der Waals surface area (Å²) in [7, 11) is 0. The second kappa shape index (κ2) is 6.05. The molecule has 1 amide bonds. The zero-order valence-corrected chi connectivity index (χ0v) is 10.6. The van der Waals surface area contributed by atoms with Crippen molar-refractivity contribution in [1.29, 1.82) is 0 Å². The molecule has 0 spiro atoms. The largest absolute Gasteiger partial charge is 0.548 e. The minimum absolute atomic E-state index is 0.220. The molecule has 0 aromatic heterocycles. The van der Waals surface area contributed by atoms with Gasteiger partial charge in [-0.1, -0.05) is 12.1 Å². The first kappa shape index (κ1) is 14.0. The lowest BCUT2D eigenvalue weighted by atomic mass is 10.1. The molecule has 0 radical (unpaired) electrons. The Bertz CT molecular complexity index is 456. The highest BCUT2D eigenvalue weighted by molar-refractivity contribution is 5.83. The fraction of sp³-hybridized carbons (Fsp3) is 0.385. The number of carboxylic acids is 1. The Morgan fingerprint density at radius 3 is 2.67 bits per heavy atom. The number of carbonyl (C=O) groups excluding carboxylic acids is 2. The van der Waals surface area contributed by atoms with Gasteiger partial charge in [0, 0.05) is 0 Å². The van der Waals surface area contributed by atoms with Crippen LogP contribution in [0.2, 0.25) is 0 Å². The van der Waals surface area contributed by atoms with Gasteiger partial charge < -0.3 is 20.0 Å². The van der Waals surface area contributed by atoms with Crippen molar-refractivity contribution < 1.29 is 19.4 Å². The Morgan fingerprint density at radius 2 is 2.06 bits per heavy atom. The zero-order chi connectivity index (χ0) is 13.7. The molecule has 1 aromatic carbocycles. The maximum absolute atomic E-state index is 11.4. The maximum Gasteiger partial charge on any atom is 0.258 e. The predicted molar refractivity (Wildman–Crippen MR) is 64.0 cm³/mol. The zero-order valence-electron chi connectivity index (χ0n) is 10.6. The van der Waals surface area contributed by atoms with Gasteiger partial charge in [-0.25, -0.2) is 0 Å². The Balaban J connectivity index is 2.53. The van der Waals surface area contributed by atoms with Gasteiger partial charge in [0.25, 0.3) is 5.91 Å². The Labute approximate surface area is 106 Å². The van der Waals surface area contributed by atoms with E-state index in [2.05, 4.69) is 5.32 Å². The van der Waals surface area contributed by atoms with Crippen LogP contribution in [0.1, 0.15) is 18.1 Å². The van der Waals surface area contributed by atoms with Crippen LogP contribution in [0.15, 0.2) is 18.2 Å². The fourth-order valence-electron chi connectivity index (χ4n) is 1.37. The number of ether oxygens (including phenoxy) is 1. The van der Waals surface area contributed by atoms with E-state index in [-0.39, 0.29) is 6.61 Å². The predicted octanol–water partition coefficient (Wildman–Crippen LogP) is -0.0632. The summed E-state index contributed by atoms with van der Waals surface area (Å²) in [6, 6.07) is 4.51. The Hall–Kier alpha value is -2.04. The minimum atomic E-state index is -1.32. The van der Waals surface area contributed by atoms with Gasteiger partial charge in [-0.3, -0.25) is 4.79 Å². The highest BCUT2D eigenvalue weighted by Gasteiger charge is 2.09. The second-order valence-corrected chi connectivity index (χ2v) is 4.09. The molecule has 0 fully saturated rings. The highest BCUT2D eigenvalue weighted by Crippen LogP contribution is 2.20. The van der Waals surface area contributed by atoms with Crippen LogP contribution in [-0.2, 0) is 9.59 Å².